The number of nitrogens with one attached hydrogen (secondary N) is 2. The summed E-state index contributed by atoms with van der Waals surface area (Å²) >= 11 is 0. The molecule has 198 valence electrons. The van der Waals surface area contributed by atoms with Crippen LogP contribution < -0.4 is 5.32 Å². The Balaban J connectivity index is 1.28. The summed E-state index contributed by atoms with van der Waals surface area (Å²) in [4.78, 5) is 13.6. The Kier molecular flexibility index (Phi) is 6.82. The largest absolute Gasteiger partial charge is 0.387 e. The van der Waals surface area contributed by atoms with Gasteiger partial charge >= 0.3 is 0 Å². The summed E-state index contributed by atoms with van der Waals surface area (Å²) in [7, 11) is 1.70. The number of ether oxygens (including phenoxy) is 1. The van der Waals surface area contributed by atoms with E-state index in [1.54, 1.807) is 7.11 Å². The van der Waals surface area contributed by atoms with Crippen molar-refractivity contribution in [3.8, 4) is 0 Å². The SMILES string of the molecule is COC[C@@]1(O)CC[C@@]2(C)[C@@H](CC[C@@H]3[C@@H]2CC[C@]2(C)[C@@H](C(=O)CNc4cc(C)ccc4N=N)CC[C@@H]32)C1. The van der Waals surface area contributed by atoms with E-state index in [1.165, 1.54) is 25.7 Å². The predicted octanol–water partition coefficient (Wildman–Crippen LogP) is 6.67. The number of rotatable bonds is 7. The van der Waals surface area contributed by atoms with Gasteiger partial charge < -0.3 is 15.2 Å². The smallest absolute Gasteiger partial charge is 0.155 e. The molecule has 0 amide bonds. The molecule has 4 aliphatic rings. The van der Waals surface area contributed by atoms with Crippen LogP contribution in [0.3, 0.4) is 0 Å². The van der Waals surface area contributed by atoms with Crippen molar-refractivity contribution in [2.75, 3.05) is 25.6 Å². The van der Waals surface area contributed by atoms with Crippen LogP contribution in [-0.2, 0) is 9.53 Å². The first kappa shape index (κ1) is 25.8. The molecule has 8 atom stereocenters. The normalized spacial score (nSPS) is 41.6. The zero-order valence-corrected chi connectivity index (χ0v) is 22.6. The number of methoxy groups -OCH3 is 1. The number of fused-ring (bicyclic) bond motifs is 5. The third-order valence-corrected chi connectivity index (χ3v) is 11.3. The van der Waals surface area contributed by atoms with E-state index in [0.29, 0.717) is 53.7 Å². The standard InChI is InChI=1S/C30H45N3O3/c1-19-5-10-25(33-31)26(15-19)32-17-27(34)24-9-8-22-21-7-6-20-16-30(35,18-36-4)14-13-28(20,2)23(21)11-12-29(22,24)3/h5,10,15,20-24,31-32,35H,6-9,11-14,16-18H2,1-4H3/t20-,21-,22-,23-,24+,28-,29-,30+/m0/s1. The Bertz CT molecular complexity index is 1010. The summed E-state index contributed by atoms with van der Waals surface area (Å²) in [6.07, 6.45) is 9.77. The molecular formula is C30H45N3O3. The maximum absolute atomic E-state index is 13.6. The number of hydrogen-bond acceptors (Lipinski definition) is 6. The molecular weight excluding hydrogens is 450 g/mol. The number of ketones is 1. The van der Waals surface area contributed by atoms with E-state index in [-0.39, 0.29) is 11.3 Å². The van der Waals surface area contributed by atoms with Crippen LogP contribution in [0.4, 0.5) is 11.4 Å². The van der Waals surface area contributed by atoms with Crippen molar-refractivity contribution in [2.24, 2.45) is 45.5 Å². The molecule has 0 saturated heterocycles. The molecule has 36 heavy (non-hydrogen) atoms. The number of nitrogens with zero attached hydrogens (tertiary/aromatic N) is 1. The minimum atomic E-state index is -0.656. The second-order valence-corrected chi connectivity index (χ2v) is 13.1. The lowest BCUT2D eigenvalue weighted by molar-refractivity contribution is -0.164. The lowest BCUT2D eigenvalue weighted by atomic mass is 9.44. The first-order valence-electron chi connectivity index (χ1n) is 14.1. The van der Waals surface area contributed by atoms with Crippen LogP contribution in [0.15, 0.2) is 23.3 Å². The molecule has 0 bridgehead atoms. The predicted molar refractivity (Wildman–Crippen MR) is 142 cm³/mol. The number of anilines is 1. The molecule has 1 aromatic rings. The molecule has 6 heteroatoms. The Morgan fingerprint density at radius 1 is 1.11 bits per heavy atom. The van der Waals surface area contributed by atoms with Gasteiger partial charge in [0.15, 0.2) is 5.78 Å². The van der Waals surface area contributed by atoms with Gasteiger partial charge in [-0.3, -0.25) is 4.79 Å². The van der Waals surface area contributed by atoms with Gasteiger partial charge in [0.25, 0.3) is 0 Å². The van der Waals surface area contributed by atoms with Crippen molar-refractivity contribution in [1.29, 1.82) is 5.53 Å². The molecule has 0 aliphatic heterocycles. The Morgan fingerprint density at radius 3 is 2.64 bits per heavy atom. The van der Waals surface area contributed by atoms with Gasteiger partial charge in [-0.25, -0.2) is 5.53 Å². The van der Waals surface area contributed by atoms with Crippen molar-refractivity contribution >= 4 is 17.2 Å². The van der Waals surface area contributed by atoms with Gasteiger partial charge in [0, 0.05) is 13.0 Å². The van der Waals surface area contributed by atoms with E-state index >= 15 is 0 Å². The molecule has 5 rings (SSSR count). The molecule has 0 aromatic heterocycles. The molecule has 4 saturated carbocycles. The lowest BCUT2D eigenvalue weighted by Gasteiger charge is -2.62. The van der Waals surface area contributed by atoms with Gasteiger partial charge in [-0.05, 0) is 117 Å². The second-order valence-electron chi connectivity index (χ2n) is 13.1. The Morgan fingerprint density at radius 2 is 1.89 bits per heavy atom. The van der Waals surface area contributed by atoms with E-state index in [2.05, 4.69) is 24.3 Å². The van der Waals surface area contributed by atoms with E-state index in [1.807, 2.05) is 25.1 Å². The molecule has 3 N–H and O–H groups in total. The maximum Gasteiger partial charge on any atom is 0.155 e. The quantitative estimate of drug-likeness (QED) is 0.368. The number of carbonyl (C=O) groups is 1. The Hall–Kier alpha value is -1.79. The summed E-state index contributed by atoms with van der Waals surface area (Å²) in [5.41, 5.74) is 9.63. The van der Waals surface area contributed by atoms with Crippen LogP contribution >= 0.6 is 0 Å². The Labute approximate surface area is 216 Å². The van der Waals surface area contributed by atoms with Crippen LogP contribution in [-0.4, -0.2) is 36.8 Å². The van der Waals surface area contributed by atoms with Gasteiger partial charge in [-0.15, -0.1) is 0 Å². The first-order chi connectivity index (χ1) is 17.1. The highest BCUT2D eigenvalue weighted by Crippen LogP contribution is 2.68. The zero-order valence-electron chi connectivity index (χ0n) is 22.6. The van der Waals surface area contributed by atoms with E-state index < -0.39 is 5.60 Å². The average molecular weight is 496 g/mol. The van der Waals surface area contributed by atoms with E-state index in [0.717, 1.165) is 43.4 Å². The summed E-state index contributed by atoms with van der Waals surface area (Å²) in [6.45, 7) is 7.70. The third-order valence-electron chi connectivity index (χ3n) is 11.3. The topological polar surface area (TPSA) is 94.8 Å². The van der Waals surface area contributed by atoms with Crippen molar-refractivity contribution in [2.45, 2.75) is 84.2 Å². The van der Waals surface area contributed by atoms with Crippen LogP contribution in [0.1, 0.15) is 77.2 Å². The molecule has 4 aliphatic carbocycles. The maximum atomic E-state index is 13.6. The summed E-state index contributed by atoms with van der Waals surface area (Å²) in [5.74, 6) is 3.04. The minimum Gasteiger partial charge on any atom is -0.387 e. The van der Waals surface area contributed by atoms with Gasteiger partial charge in [0.1, 0.15) is 5.69 Å². The van der Waals surface area contributed by atoms with Gasteiger partial charge in [0.2, 0.25) is 0 Å². The summed E-state index contributed by atoms with van der Waals surface area (Å²) in [5, 5.41) is 18.0. The van der Waals surface area contributed by atoms with Gasteiger partial charge in [-0.2, -0.15) is 5.11 Å². The number of aliphatic hydroxyl groups is 1. The third kappa shape index (κ3) is 4.22. The number of benzene rings is 1. The number of hydrogen-bond donors (Lipinski definition) is 3. The van der Waals surface area contributed by atoms with Gasteiger partial charge in [0.05, 0.1) is 24.4 Å². The molecule has 0 radical (unpaired) electrons. The van der Waals surface area contributed by atoms with Crippen LogP contribution in [0.25, 0.3) is 0 Å². The molecule has 0 spiro atoms. The highest BCUT2D eigenvalue weighted by atomic mass is 16.5. The fraction of sp³-hybridized carbons (Fsp3) is 0.767. The van der Waals surface area contributed by atoms with E-state index in [4.69, 9.17) is 10.3 Å². The fourth-order valence-corrected chi connectivity index (χ4v) is 9.45. The van der Waals surface area contributed by atoms with Crippen LogP contribution in [0.5, 0.6) is 0 Å². The van der Waals surface area contributed by atoms with E-state index in [9.17, 15) is 9.90 Å². The fourth-order valence-electron chi connectivity index (χ4n) is 9.45. The number of Topliss-reactive ketones (excluding diaryl/α,β-unsaturated/α-hetero) is 1. The highest BCUT2D eigenvalue weighted by molar-refractivity contribution is 5.87. The lowest BCUT2D eigenvalue weighted by Crippen LogP contribution is -2.57. The zero-order chi connectivity index (χ0) is 25.7. The molecule has 0 unspecified atom stereocenters. The summed E-state index contributed by atoms with van der Waals surface area (Å²) < 4.78 is 5.37. The van der Waals surface area contributed by atoms with Crippen molar-refractivity contribution < 1.29 is 14.6 Å². The number of aryl methyl sites for hydroxylation is 1. The van der Waals surface area contributed by atoms with Gasteiger partial charge in [-0.1, -0.05) is 19.9 Å². The summed E-state index contributed by atoms with van der Waals surface area (Å²) in [6, 6.07) is 5.75. The van der Waals surface area contributed by atoms with Crippen LogP contribution in [0.2, 0.25) is 0 Å². The highest BCUT2D eigenvalue weighted by Gasteiger charge is 2.62. The van der Waals surface area contributed by atoms with Crippen molar-refractivity contribution in [1.82, 2.24) is 0 Å². The monoisotopic (exact) mass is 495 g/mol. The molecule has 0 heterocycles. The van der Waals surface area contributed by atoms with Crippen molar-refractivity contribution in [3.63, 3.8) is 0 Å². The number of carbonyl (C=O) groups excluding carboxylic acids is 1. The first-order valence-corrected chi connectivity index (χ1v) is 14.1. The molecule has 6 nitrogen and oxygen atoms in total. The minimum absolute atomic E-state index is 0.0871. The molecule has 4 fully saturated rings. The van der Waals surface area contributed by atoms with Crippen molar-refractivity contribution in [3.05, 3.63) is 23.8 Å². The average Bonchev–Trinajstić information content (AvgIpc) is 3.20. The molecule has 1 aromatic carbocycles. The van der Waals surface area contributed by atoms with Crippen LogP contribution in [0, 0.1) is 52.9 Å². The second kappa shape index (κ2) is 9.50.